The Morgan fingerprint density at radius 3 is 3.00 bits per heavy atom. The van der Waals surface area contributed by atoms with Crippen LogP contribution >= 0.6 is 0 Å². The lowest BCUT2D eigenvalue weighted by molar-refractivity contribution is -0.130. The highest BCUT2D eigenvalue weighted by atomic mass is 19.1. The minimum atomic E-state index is -0.439. The van der Waals surface area contributed by atoms with E-state index in [2.05, 4.69) is 11.1 Å². The number of benzene rings is 1. The second-order valence-electron chi connectivity index (χ2n) is 6.94. The number of nitrogens with zero attached hydrogens (tertiary/aromatic N) is 2. The molecule has 1 aromatic heterocycles. The number of piperidine rings is 1. The molecule has 0 amide bonds. The van der Waals surface area contributed by atoms with Gasteiger partial charge in [0, 0.05) is 50.4 Å². The topological polar surface area (TPSA) is 37.6 Å². The molecule has 0 bridgehead atoms. The minimum absolute atomic E-state index is 0.207. The lowest BCUT2D eigenvalue weighted by Gasteiger charge is -2.42. The fourth-order valence-corrected chi connectivity index (χ4v) is 4.15. The van der Waals surface area contributed by atoms with Gasteiger partial charge in [0.25, 0.3) is 0 Å². The van der Waals surface area contributed by atoms with Crippen LogP contribution in [0.4, 0.5) is 4.39 Å². The minimum Gasteiger partial charge on any atom is -0.389 e. The molecular formula is C18H23FN2O2. The van der Waals surface area contributed by atoms with Crippen LogP contribution in [0.25, 0.3) is 10.9 Å². The maximum Gasteiger partial charge on any atom is 0.123 e. The second-order valence-corrected chi connectivity index (χ2v) is 6.94. The van der Waals surface area contributed by atoms with Gasteiger partial charge < -0.3 is 14.4 Å². The first-order valence-corrected chi connectivity index (χ1v) is 8.35. The van der Waals surface area contributed by atoms with Crippen molar-refractivity contribution in [2.45, 2.75) is 37.5 Å². The highest BCUT2D eigenvalue weighted by Gasteiger charge is 2.45. The summed E-state index contributed by atoms with van der Waals surface area (Å²) in [6.45, 7) is 3.02. The molecule has 0 radical (unpaired) electrons. The van der Waals surface area contributed by atoms with Gasteiger partial charge in [-0.2, -0.15) is 0 Å². The molecule has 4 nitrogen and oxygen atoms in total. The monoisotopic (exact) mass is 318 g/mol. The lowest BCUT2D eigenvalue weighted by Crippen LogP contribution is -2.54. The van der Waals surface area contributed by atoms with E-state index >= 15 is 0 Å². The summed E-state index contributed by atoms with van der Waals surface area (Å²) in [6.07, 6.45) is 4.49. The number of aromatic nitrogens is 1. The van der Waals surface area contributed by atoms with Gasteiger partial charge in [-0.25, -0.2) is 4.39 Å². The van der Waals surface area contributed by atoms with Crippen molar-refractivity contribution in [2.75, 3.05) is 19.7 Å². The largest absolute Gasteiger partial charge is 0.389 e. The molecule has 0 aliphatic carbocycles. The predicted octanol–water partition coefficient (Wildman–Crippen LogP) is 2.43. The van der Waals surface area contributed by atoms with E-state index in [-0.39, 0.29) is 11.4 Å². The molecule has 124 valence electrons. The van der Waals surface area contributed by atoms with Gasteiger partial charge in [0.2, 0.25) is 0 Å². The summed E-state index contributed by atoms with van der Waals surface area (Å²) in [4.78, 5) is 2.25. The third-order valence-electron chi connectivity index (χ3n) is 5.45. The molecule has 3 heterocycles. The number of ether oxygens (including phenoxy) is 1. The van der Waals surface area contributed by atoms with Gasteiger partial charge in [-0.05, 0) is 43.0 Å². The summed E-state index contributed by atoms with van der Waals surface area (Å²) in [7, 11) is 1.98. The number of aliphatic hydroxyl groups excluding tert-OH is 1. The normalized spacial score (nSPS) is 28.9. The standard InChI is InChI=1S/C18H23FN2O2/c1-20-10-13(15-9-14(19)3-4-16(15)20)11-21-7-6-18(17(22)12-21)5-2-8-23-18/h3-4,9-10,17,22H,2,5-8,11-12H2,1H3/t17-,18-/m0/s1. The first-order valence-electron chi connectivity index (χ1n) is 8.35. The average molecular weight is 318 g/mol. The predicted molar refractivity (Wildman–Crippen MR) is 86.7 cm³/mol. The number of halogens is 1. The van der Waals surface area contributed by atoms with E-state index in [4.69, 9.17) is 4.74 Å². The molecule has 2 fully saturated rings. The molecule has 2 aromatic rings. The number of rotatable bonds is 2. The number of aliphatic hydroxyl groups is 1. The van der Waals surface area contributed by atoms with Gasteiger partial charge >= 0.3 is 0 Å². The van der Waals surface area contributed by atoms with Crippen LogP contribution in [0.2, 0.25) is 0 Å². The maximum atomic E-state index is 13.6. The Morgan fingerprint density at radius 2 is 2.26 bits per heavy atom. The quantitative estimate of drug-likeness (QED) is 0.924. The summed E-state index contributed by atoms with van der Waals surface area (Å²) >= 11 is 0. The zero-order chi connectivity index (χ0) is 16.0. The third-order valence-corrected chi connectivity index (χ3v) is 5.45. The molecule has 5 heteroatoms. The summed E-state index contributed by atoms with van der Waals surface area (Å²) < 4.78 is 21.5. The van der Waals surface area contributed by atoms with Gasteiger partial charge in [0.15, 0.2) is 0 Å². The van der Waals surface area contributed by atoms with E-state index in [0.717, 1.165) is 55.4 Å². The molecular weight excluding hydrogens is 295 g/mol. The van der Waals surface area contributed by atoms with Crippen molar-refractivity contribution in [2.24, 2.45) is 7.05 Å². The van der Waals surface area contributed by atoms with E-state index in [1.54, 1.807) is 6.07 Å². The van der Waals surface area contributed by atoms with E-state index in [1.165, 1.54) is 6.07 Å². The van der Waals surface area contributed by atoms with E-state index in [9.17, 15) is 9.50 Å². The first-order chi connectivity index (χ1) is 11.1. The SMILES string of the molecule is Cn1cc(CN2CC[C@@]3(CCCO3)[C@@H](O)C2)c2cc(F)ccc21. The molecule has 2 aliphatic heterocycles. The fraction of sp³-hybridized carbons (Fsp3) is 0.556. The first kappa shape index (κ1) is 15.1. The van der Waals surface area contributed by atoms with Crippen molar-refractivity contribution in [1.82, 2.24) is 9.47 Å². The van der Waals surface area contributed by atoms with E-state index in [0.29, 0.717) is 6.54 Å². The smallest absolute Gasteiger partial charge is 0.123 e. The summed E-state index contributed by atoms with van der Waals surface area (Å²) in [5.74, 6) is -0.207. The van der Waals surface area contributed by atoms with Crippen LogP contribution in [0.3, 0.4) is 0 Å². The molecule has 0 saturated carbocycles. The second kappa shape index (κ2) is 5.58. The van der Waals surface area contributed by atoms with Crippen molar-refractivity contribution < 1.29 is 14.2 Å². The number of aryl methyl sites for hydroxylation is 1. The van der Waals surface area contributed by atoms with Crippen LogP contribution in [0.15, 0.2) is 24.4 Å². The highest BCUT2D eigenvalue weighted by Crippen LogP contribution is 2.36. The van der Waals surface area contributed by atoms with E-state index < -0.39 is 6.10 Å². The molecule has 2 atom stereocenters. The Morgan fingerprint density at radius 1 is 1.39 bits per heavy atom. The number of hydrogen-bond acceptors (Lipinski definition) is 3. The van der Waals surface area contributed by atoms with Crippen molar-refractivity contribution in [1.29, 1.82) is 0 Å². The number of β-amino-alcohol motifs (C(OH)–C–C–N with tert-alkyl or cyclic N) is 1. The molecule has 1 aromatic carbocycles. The van der Waals surface area contributed by atoms with Crippen molar-refractivity contribution in [3.63, 3.8) is 0 Å². The molecule has 0 unspecified atom stereocenters. The maximum absolute atomic E-state index is 13.6. The van der Waals surface area contributed by atoms with Crippen LogP contribution in [-0.2, 0) is 18.3 Å². The van der Waals surface area contributed by atoms with Gasteiger partial charge in [-0.1, -0.05) is 0 Å². The molecule has 23 heavy (non-hydrogen) atoms. The Labute approximate surface area is 135 Å². The Kier molecular flexibility index (Phi) is 3.67. The average Bonchev–Trinajstić information content (AvgIpc) is 3.10. The lowest BCUT2D eigenvalue weighted by atomic mass is 9.86. The Hall–Kier alpha value is -1.43. The number of fused-ring (bicyclic) bond motifs is 1. The molecule has 4 rings (SSSR count). The van der Waals surface area contributed by atoms with Crippen molar-refractivity contribution in [3.05, 3.63) is 35.8 Å². The summed E-state index contributed by atoms with van der Waals surface area (Å²) in [5, 5.41) is 11.5. The zero-order valence-corrected chi connectivity index (χ0v) is 13.5. The van der Waals surface area contributed by atoms with Gasteiger partial charge in [0.1, 0.15) is 5.82 Å². The fourth-order valence-electron chi connectivity index (χ4n) is 4.15. The van der Waals surface area contributed by atoms with Crippen LogP contribution in [0, 0.1) is 5.82 Å². The van der Waals surface area contributed by atoms with Crippen LogP contribution in [0.1, 0.15) is 24.8 Å². The van der Waals surface area contributed by atoms with Crippen LogP contribution < -0.4 is 0 Å². The molecule has 2 aliphatic rings. The van der Waals surface area contributed by atoms with Gasteiger partial charge in [-0.3, -0.25) is 4.90 Å². The number of likely N-dealkylation sites (tertiary alicyclic amines) is 1. The molecule has 1 N–H and O–H groups in total. The third kappa shape index (κ3) is 2.57. The zero-order valence-electron chi connectivity index (χ0n) is 13.5. The van der Waals surface area contributed by atoms with E-state index in [1.807, 2.05) is 17.7 Å². The highest BCUT2D eigenvalue weighted by molar-refractivity contribution is 5.84. The van der Waals surface area contributed by atoms with Gasteiger partial charge in [0.05, 0.1) is 11.7 Å². The van der Waals surface area contributed by atoms with Crippen molar-refractivity contribution in [3.8, 4) is 0 Å². The Balaban J connectivity index is 1.54. The Bertz CT molecular complexity index is 721. The number of hydrogen-bond donors (Lipinski definition) is 1. The van der Waals surface area contributed by atoms with Crippen molar-refractivity contribution >= 4 is 10.9 Å². The van der Waals surface area contributed by atoms with Gasteiger partial charge in [-0.15, -0.1) is 0 Å². The van der Waals surface area contributed by atoms with Crippen LogP contribution in [-0.4, -0.2) is 46.0 Å². The summed E-state index contributed by atoms with van der Waals surface area (Å²) in [5.41, 5.74) is 1.83. The molecule has 1 spiro atoms. The summed E-state index contributed by atoms with van der Waals surface area (Å²) in [6, 6.07) is 4.92. The van der Waals surface area contributed by atoms with Crippen LogP contribution in [0.5, 0.6) is 0 Å². The molecule has 2 saturated heterocycles.